The third-order valence-corrected chi connectivity index (χ3v) is 6.74. The molecule has 0 saturated carbocycles. The average Bonchev–Trinajstić information content (AvgIpc) is 2.39. The lowest BCUT2D eigenvalue weighted by molar-refractivity contribution is -0.139. The van der Waals surface area contributed by atoms with Crippen molar-refractivity contribution in [1.29, 1.82) is 0 Å². The van der Waals surface area contributed by atoms with Gasteiger partial charge in [-0.1, -0.05) is 31.9 Å². The first kappa shape index (κ1) is 21.0. The van der Waals surface area contributed by atoms with Gasteiger partial charge in [0.2, 0.25) is 0 Å². The molecule has 0 saturated heterocycles. The monoisotopic (exact) mass is 664 g/mol. The standard InChI is InChI=1S/C10H6Br6O4/c11-5(9(13)14)3-19-7(17)1-2-8(18)20-4-6(12)10(15)16/h1-2H,3-4H2/b2-1-. The summed E-state index contributed by atoms with van der Waals surface area (Å²) in [5.41, 5.74) is 0. The van der Waals surface area contributed by atoms with Gasteiger partial charge in [-0.3, -0.25) is 0 Å². The van der Waals surface area contributed by atoms with E-state index in [1.165, 1.54) is 0 Å². The highest BCUT2D eigenvalue weighted by Gasteiger charge is 2.05. The fourth-order valence-corrected chi connectivity index (χ4v) is 1.30. The minimum atomic E-state index is -0.656. The first-order valence-electron chi connectivity index (χ1n) is 4.65. The van der Waals surface area contributed by atoms with E-state index in [0.717, 1.165) is 12.2 Å². The van der Waals surface area contributed by atoms with Crippen LogP contribution in [0.2, 0.25) is 0 Å². The van der Waals surface area contributed by atoms with Crippen molar-refractivity contribution in [3.8, 4) is 0 Å². The molecule has 0 aliphatic heterocycles. The Morgan fingerprint density at radius 3 is 1.25 bits per heavy atom. The van der Waals surface area contributed by atoms with Crippen LogP contribution in [0.1, 0.15) is 0 Å². The van der Waals surface area contributed by atoms with E-state index in [1.807, 2.05) is 0 Å². The molecule has 0 aromatic carbocycles. The minimum Gasteiger partial charge on any atom is -0.457 e. The zero-order valence-corrected chi connectivity index (χ0v) is 19.0. The summed E-state index contributed by atoms with van der Waals surface area (Å²) in [6, 6.07) is 0. The fourth-order valence-electron chi connectivity index (χ4n) is 0.610. The summed E-state index contributed by atoms with van der Waals surface area (Å²) in [6.45, 7) is 0.0732. The van der Waals surface area contributed by atoms with Gasteiger partial charge in [-0.25, -0.2) is 9.59 Å². The van der Waals surface area contributed by atoms with Crippen LogP contribution in [0.5, 0.6) is 0 Å². The third kappa shape index (κ3) is 10.7. The highest BCUT2D eigenvalue weighted by Crippen LogP contribution is 2.24. The van der Waals surface area contributed by atoms with Crippen LogP contribution in [-0.2, 0) is 19.1 Å². The number of carbonyl (C=O) groups excluding carboxylic acids is 2. The molecule has 0 unspecified atom stereocenters. The molecule has 112 valence electrons. The van der Waals surface area contributed by atoms with E-state index in [-0.39, 0.29) is 13.2 Å². The molecule has 0 aromatic rings. The van der Waals surface area contributed by atoms with E-state index < -0.39 is 11.9 Å². The second-order valence-corrected chi connectivity index (χ2v) is 10.1. The minimum absolute atomic E-state index is 0.0366. The van der Waals surface area contributed by atoms with Crippen LogP contribution in [0.4, 0.5) is 0 Å². The number of carbonyl (C=O) groups is 2. The van der Waals surface area contributed by atoms with Gasteiger partial charge in [-0.05, 0) is 63.7 Å². The van der Waals surface area contributed by atoms with Gasteiger partial charge in [-0.15, -0.1) is 0 Å². The number of hydrogen-bond acceptors (Lipinski definition) is 4. The lowest BCUT2D eigenvalue weighted by atomic mass is 10.5. The molecule has 0 radical (unpaired) electrons. The van der Waals surface area contributed by atoms with Gasteiger partial charge < -0.3 is 9.47 Å². The van der Waals surface area contributed by atoms with Crippen LogP contribution in [0.15, 0.2) is 27.9 Å². The van der Waals surface area contributed by atoms with Gasteiger partial charge in [0.15, 0.2) is 0 Å². The molecule has 0 amide bonds. The van der Waals surface area contributed by atoms with E-state index in [9.17, 15) is 9.59 Å². The van der Waals surface area contributed by atoms with E-state index >= 15 is 0 Å². The Bertz CT molecular complexity index is 418. The third-order valence-electron chi connectivity index (χ3n) is 1.45. The Morgan fingerprint density at radius 2 is 1.00 bits per heavy atom. The summed E-state index contributed by atoms with van der Waals surface area (Å²) in [5.74, 6) is -1.31. The molecule has 0 N–H and O–H groups in total. The molecule has 0 aliphatic carbocycles. The van der Waals surface area contributed by atoms with Crippen molar-refractivity contribution in [3.63, 3.8) is 0 Å². The van der Waals surface area contributed by atoms with E-state index in [0.29, 0.717) is 15.7 Å². The second-order valence-electron chi connectivity index (χ2n) is 2.88. The maximum atomic E-state index is 11.3. The Kier molecular flexibility index (Phi) is 12.2. The quantitative estimate of drug-likeness (QED) is 0.284. The smallest absolute Gasteiger partial charge is 0.331 e. The predicted octanol–water partition coefficient (Wildman–Crippen LogP) is 5.34. The van der Waals surface area contributed by atoms with Gasteiger partial charge >= 0.3 is 11.9 Å². The van der Waals surface area contributed by atoms with Crippen molar-refractivity contribution in [2.45, 2.75) is 0 Å². The van der Waals surface area contributed by atoms with Gasteiger partial charge in [0.25, 0.3) is 0 Å². The lowest BCUT2D eigenvalue weighted by Gasteiger charge is -2.02. The zero-order chi connectivity index (χ0) is 15.7. The van der Waals surface area contributed by atoms with E-state index in [4.69, 9.17) is 9.47 Å². The van der Waals surface area contributed by atoms with Crippen LogP contribution in [-0.4, -0.2) is 25.2 Å². The average molecular weight is 670 g/mol. The normalized spacial score (nSPS) is 10.1. The molecular formula is C10H6Br6O4. The molecule has 0 aromatic heterocycles. The molecule has 0 bridgehead atoms. The summed E-state index contributed by atoms with van der Waals surface area (Å²) in [7, 11) is 0. The van der Waals surface area contributed by atoms with Crippen LogP contribution in [0, 0.1) is 0 Å². The summed E-state index contributed by atoms with van der Waals surface area (Å²) in [4.78, 5) is 22.6. The van der Waals surface area contributed by atoms with Crippen molar-refractivity contribution < 1.29 is 19.1 Å². The number of ether oxygens (including phenoxy) is 2. The first-order valence-corrected chi connectivity index (χ1v) is 9.40. The molecule has 0 atom stereocenters. The van der Waals surface area contributed by atoms with Crippen LogP contribution in [0.25, 0.3) is 0 Å². The van der Waals surface area contributed by atoms with Crippen LogP contribution >= 0.6 is 95.6 Å². The van der Waals surface area contributed by atoms with Crippen LogP contribution in [0.3, 0.4) is 0 Å². The van der Waals surface area contributed by atoms with Gasteiger partial charge in [-0.2, -0.15) is 0 Å². The fraction of sp³-hybridized carbons (Fsp3) is 0.200. The molecule has 20 heavy (non-hydrogen) atoms. The predicted molar refractivity (Wildman–Crippen MR) is 98.7 cm³/mol. The maximum Gasteiger partial charge on any atom is 0.331 e. The zero-order valence-electron chi connectivity index (χ0n) is 9.47. The SMILES string of the molecule is O=C(/C=C\C(=O)OCC(Br)=C(Br)Br)OCC(Br)=C(Br)Br. The van der Waals surface area contributed by atoms with Crippen LogP contribution < -0.4 is 0 Å². The highest BCUT2D eigenvalue weighted by molar-refractivity contribution is 9.29. The molecular weight excluding hydrogens is 664 g/mol. The number of rotatable bonds is 6. The maximum absolute atomic E-state index is 11.3. The molecule has 0 aliphatic rings. The Balaban J connectivity index is 4.17. The molecule has 0 heterocycles. The first-order chi connectivity index (χ1) is 9.23. The molecule has 10 heteroatoms. The van der Waals surface area contributed by atoms with Crippen molar-refractivity contribution >= 4 is 108 Å². The largest absolute Gasteiger partial charge is 0.457 e. The van der Waals surface area contributed by atoms with Crippen molar-refractivity contribution in [1.82, 2.24) is 0 Å². The summed E-state index contributed by atoms with van der Waals surface area (Å²) in [5, 5.41) is 0. The topological polar surface area (TPSA) is 52.6 Å². The molecule has 0 rings (SSSR count). The highest BCUT2D eigenvalue weighted by atomic mass is 79.9. The molecule has 0 fully saturated rings. The Hall–Kier alpha value is 1.04. The molecule has 0 spiro atoms. The van der Waals surface area contributed by atoms with Gasteiger partial charge in [0, 0.05) is 12.2 Å². The number of esters is 2. The number of halogens is 6. The van der Waals surface area contributed by atoms with Crippen molar-refractivity contribution in [2.75, 3.05) is 13.2 Å². The van der Waals surface area contributed by atoms with Gasteiger partial charge in [0.05, 0.1) is 15.7 Å². The summed E-state index contributed by atoms with van der Waals surface area (Å²) in [6.07, 6.45) is 1.98. The van der Waals surface area contributed by atoms with E-state index in [2.05, 4.69) is 95.6 Å². The van der Waals surface area contributed by atoms with Crippen molar-refractivity contribution in [3.05, 3.63) is 27.9 Å². The lowest BCUT2D eigenvalue weighted by Crippen LogP contribution is -2.06. The van der Waals surface area contributed by atoms with Crippen molar-refractivity contribution in [2.24, 2.45) is 0 Å². The Morgan fingerprint density at radius 1 is 0.700 bits per heavy atom. The molecule has 4 nitrogen and oxygen atoms in total. The number of hydrogen-bond donors (Lipinski definition) is 0. The van der Waals surface area contributed by atoms with E-state index in [1.54, 1.807) is 0 Å². The second kappa shape index (κ2) is 11.6. The summed E-state index contributed by atoms with van der Waals surface area (Å²) >= 11 is 18.9. The summed E-state index contributed by atoms with van der Waals surface area (Å²) < 4.78 is 12.2. The van der Waals surface area contributed by atoms with Gasteiger partial charge in [0.1, 0.15) is 13.2 Å². The Labute approximate surface area is 166 Å².